The Morgan fingerprint density at radius 3 is 2.96 bits per heavy atom. The number of hydrogen-bond donors (Lipinski definition) is 1. The molecule has 1 saturated heterocycles. The fraction of sp³-hybridized carbons (Fsp3) is 0.333. The van der Waals surface area contributed by atoms with Crippen molar-refractivity contribution in [1.82, 2.24) is 5.32 Å². The van der Waals surface area contributed by atoms with E-state index in [-0.39, 0.29) is 11.0 Å². The minimum absolute atomic E-state index is 0.217. The molecule has 1 heterocycles. The van der Waals surface area contributed by atoms with E-state index in [0.29, 0.717) is 11.8 Å². The molecular weight excluding hydrogens is 354 g/mol. The summed E-state index contributed by atoms with van der Waals surface area (Å²) in [6.07, 6.45) is 3.89. The van der Waals surface area contributed by atoms with Gasteiger partial charge in [0.2, 0.25) is 0 Å². The van der Waals surface area contributed by atoms with E-state index < -0.39 is 11.9 Å². The molecule has 0 radical (unpaired) electrons. The first kappa shape index (κ1) is 19.9. The average molecular weight is 375 g/mol. The van der Waals surface area contributed by atoms with Gasteiger partial charge < -0.3 is 9.47 Å². The molecule has 138 valence electrons. The van der Waals surface area contributed by atoms with Crippen LogP contribution in [0.15, 0.2) is 45.4 Å². The molecule has 1 amide bonds. The molecule has 0 saturated carbocycles. The highest BCUT2D eigenvalue weighted by Gasteiger charge is 2.24. The molecule has 1 aliphatic heterocycles. The Kier molecular flexibility index (Phi) is 7.55. The minimum Gasteiger partial charge on any atom is -0.466 e. The fourth-order valence-electron chi connectivity index (χ4n) is 1.91. The van der Waals surface area contributed by atoms with Crippen LogP contribution in [0.4, 0.5) is 0 Å². The van der Waals surface area contributed by atoms with E-state index >= 15 is 0 Å². The molecule has 0 bridgehead atoms. The first-order valence-electron chi connectivity index (χ1n) is 8.12. The highest BCUT2D eigenvalue weighted by atomic mass is 32.2. The molecule has 1 aliphatic rings. The van der Waals surface area contributed by atoms with Gasteiger partial charge in [-0.1, -0.05) is 25.1 Å². The van der Waals surface area contributed by atoms with E-state index in [1.165, 1.54) is 7.11 Å². The molecule has 1 fully saturated rings. The van der Waals surface area contributed by atoms with Crippen molar-refractivity contribution < 1.29 is 19.1 Å². The standard InChI is InChI=1S/C18H21N3O4S/c1-4-12(2)25-11-14-7-5-6-13(8-14)10-19-21-18-20-17(23)15(26-18)9-16(22)24-3/h5-10,12H,4,11H2,1-3H3,(H,20,21,23)/b15-9+,19-10?. The van der Waals surface area contributed by atoms with Crippen molar-refractivity contribution in [3.63, 3.8) is 0 Å². The van der Waals surface area contributed by atoms with Crippen molar-refractivity contribution in [2.24, 2.45) is 10.2 Å². The lowest BCUT2D eigenvalue weighted by Crippen LogP contribution is -2.19. The number of methoxy groups -OCH3 is 1. The Balaban J connectivity index is 1.98. The minimum atomic E-state index is -0.594. The molecular formula is C18H21N3O4S. The summed E-state index contributed by atoms with van der Waals surface area (Å²) in [5, 5.41) is 10.8. The first-order valence-corrected chi connectivity index (χ1v) is 8.94. The molecule has 1 atom stereocenters. The third-order valence-corrected chi connectivity index (χ3v) is 4.42. The van der Waals surface area contributed by atoms with Gasteiger partial charge in [0.25, 0.3) is 5.91 Å². The molecule has 0 aromatic heterocycles. The van der Waals surface area contributed by atoms with E-state index in [0.717, 1.165) is 35.4 Å². The number of ether oxygens (including phenoxy) is 2. The predicted octanol–water partition coefficient (Wildman–Crippen LogP) is 2.61. The topological polar surface area (TPSA) is 89.4 Å². The van der Waals surface area contributed by atoms with Gasteiger partial charge in [0, 0.05) is 6.08 Å². The summed E-state index contributed by atoms with van der Waals surface area (Å²) in [6, 6.07) is 7.78. The predicted molar refractivity (Wildman–Crippen MR) is 102 cm³/mol. The Labute approximate surface area is 156 Å². The van der Waals surface area contributed by atoms with Gasteiger partial charge in [-0.2, -0.15) is 5.10 Å². The van der Waals surface area contributed by atoms with Crippen LogP contribution in [0.25, 0.3) is 0 Å². The maximum atomic E-state index is 11.7. The number of rotatable bonds is 7. The molecule has 0 aliphatic carbocycles. The van der Waals surface area contributed by atoms with Crippen LogP contribution in [0.2, 0.25) is 0 Å². The average Bonchev–Trinajstić information content (AvgIpc) is 2.99. The summed E-state index contributed by atoms with van der Waals surface area (Å²) >= 11 is 1.03. The van der Waals surface area contributed by atoms with Crippen molar-refractivity contribution in [2.75, 3.05) is 7.11 Å². The van der Waals surface area contributed by atoms with Gasteiger partial charge >= 0.3 is 5.97 Å². The lowest BCUT2D eigenvalue weighted by molar-refractivity contribution is -0.135. The van der Waals surface area contributed by atoms with Crippen LogP contribution >= 0.6 is 11.8 Å². The SMILES string of the molecule is CCC(C)OCc1cccc(C=N/N=C2/NC(=O)/C(=C\C(=O)OC)S2)c1. The zero-order chi connectivity index (χ0) is 18.9. The lowest BCUT2D eigenvalue weighted by Gasteiger charge is -2.10. The zero-order valence-corrected chi connectivity index (χ0v) is 15.7. The number of thioether (sulfide) groups is 1. The second kappa shape index (κ2) is 9.88. The van der Waals surface area contributed by atoms with Gasteiger partial charge in [0.15, 0.2) is 5.17 Å². The van der Waals surface area contributed by atoms with Gasteiger partial charge in [-0.25, -0.2) is 4.79 Å². The summed E-state index contributed by atoms with van der Waals surface area (Å²) in [4.78, 5) is 23.1. The fourth-order valence-corrected chi connectivity index (χ4v) is 2.65. The molecule has 0 spiro atoms. The van der Waals surface area contributed by atoms with Crippen molar-refractivity contribution in [3.05, 3.63) is 46.4 Å². The Bertz CT molecular complexity index is 759. The van der Waals surface area contributed by atoms with Gasteiger partial charge in [0.1, 0.15) is 0 Å². The van der Waals surface area contributed by atoms with E-state index in [1.54, 1.807) is 6.21 Å². The summed E-state index contributed by atoms with van der Waals surface area (Å²) in [5.74, 6) is -0.998. The summed E-state index contributed by atoms with van der Waals surface area (Å²) in [5.41, 5.74) is 1.92. The second-order valence-corrected chi connectivity index (χ2v) is 6.54. The van der Waals surface area contributed by atoms with Crippen LogP contribution in [0.3, 0.4) is 0 Å². The van der Waals surface area contributed by atoms with Crippen LogP contribution in [-0.2, 0) is 25.7 Å². The highest BCUT2D eigenvalue weighted by molar-refractivity contribution is 8.18. The van der Waals surface area contributed by atoms with Gasteiger partial charge in [-0.3, -0.25) is 10.1 Å². The summed E-state index contributed by atoms with van der Waals surface area (Å²) in [7, 11) is 1.25. The Morgan fingerprint density at radius 1 is 1.42 bits per heavy atom. The third kappa shape index (κ3) is 6.12. The molecule has 1 aromatic rings. The van der Waals surface area contributed by atoms with E-state index in [9.17, 15) is 9.59 Å². The highest BCUT2D eigenvalue weighted by Crippen LogP contribution is 2.23. The molecule has 1 N–H and O–H groups in total. The maximum absolute atomic E-state index is 11.7. The lowest BCUT2D eigenvalue weighted by atomic mass is 10.1. The first-order chi connectivity index (χ1) is 12.5. The van der Waals surface area contributed by atoms with Crippen LogP contribution in [0.1, 0.15) is 31.4 Å². The molecule has 7 nitrogen and oxygen atoms in total. The van der Waals surface area contributed by atoms with Gasteiger partial charge in [0.05, 0.1) is 30.9 Å². The number of nitrogens with zero attached hydrogens (tertiary/aromatic N) is 2. The summed E-state index contributed by atoms with van der Waals surface area (Å²) < 4.78 is 10.2. The number of nitrogens with one attached hydrogen (secondary N) is 1. The van der Waals surface area contributed by atoms with E-state index in [4.69, 9.17) is 4.74 Å². The normalized spacial score (nSPS) is 18.5. The number of amidine groups is 1. The Hall–Kier alpha value is -2.45. The number of carbonyl (C=O) groups excluding carboxylic acids is 2. The number of hydrogen-bond acceptors (Lipinski definition) is 7. The van der Waals surface area contributed by atoms with Crippen molar-refractivity contribution >= 4 is 35.0 Å². The monoisotopic (exact) mass is 375 g/mol. The van der Waals surface area contributed by atoms with Crippen LogP contribution in [0, 0.1) is 0 Å². The molecule has 2 rings (SSSR count). The largest absolute Gasteiger partial charge is 0.466 e. The molecule has 8 heteroatoms. The van der Waals surface area contributed by atoms with Crippen molar-refractivity contribution in [3.8, 4) is 0 Å². The van der Waals surface area contributed by atoms with Crippen molar-refractivity contribution in [1.29, 1.82) is 0 Å². The van der Waals surface area contributed by atoms with Crippen LogP contribution in [-0.4, -0.2) is 36.5 Å². The summed E-state index contributed by atoms with van der Waals surface area (Å²) in [6.45, 7) is 4.66. The second-order valence-electron chi connectivity index (χ2n) is 5.51. The number of amides is 1. The third-order valence-electron chi connectivity index (χ3n) is 3.52. The van der Waals surface area contributed by atoms with Crippen molar-refractivity contribution in [2.45, 2.75) is 33.0 Å². The number of benzene rings is 1. The van der Waals surface area contributed by atoms with E-state index in [2.05, 4.69) is 27.2 Å². The van der Waals surface area contributed by atoms with Gasteiger partial charge in [-0.05, 0) is 42.3 Å². The zero-order valence-electron chi connectivity index (χ0n) is 14.9. The smallest absolute Gasteiger partial charge is 0.331 e. The van der Waals surface area contributed by atoms with Gasteiger partial charge in [-0.15, -0.1) is 5.10 Å². The number of carbonyl (C=O) groups is 2. The molecule has 1 unspecified atom stereocenters. The Morgan fingerprint density at radius 2 is 2.23 bits per heavy atom. The quantitative estimate of drug-likeness (QED) is 0.342. The molecule has 26 heavy (non-hydrogen) atoms. The number of esters is 1. The van der Waals surface area contributed by atoms with E-state index in [1.807, 2.05) is 31.2 Å². The van der Waals surface area contributed by atoms with Crippen LogP contribution in [0.5, 0.6) is 0 Å². The molecule has 1 aromatic carbocycles. The maximum Gasteiger partial charge on any atom is 0.331 e. The van der Waals surface area contributed by atoms with Crippen LogP contribution < -0.4 is 5.32 Å².